The Hall–Kier alpha value is -3.95. The molecule has 2 aliphatic rings. The van der Waals surface area contributed by atoms with Gasteiger partial charge in [0.2, 0.25) is 0 Å². The fourth-order valence-corrected chi connectivity index (χ4v) is 4.86. The highest BCUT2D eigenvalue weighted by Crippen LogP contribution is 2.37. The van der Waals surface area contributed by atoms with E-state index in [2.05, 4.69) is 51.8 Å². The van der Waals surface area contributed by atoms with Crippen LogP contribution in [-0.2, 0) is 9.59 Å². The van der Waals surface area contributed by atoms with Crippen LogP contribution in [0.3, 0.4) is 0 Å². The van der Waals surface area contributed by atoms with Crippen LogP contribution < -0.4 is 11.1 Å². The number of hydrogen-bond donors (Lipinski definition) is 3. The van der Waals surface area contributed by atoms with Gasteiger partial charge in [0.15, 0.2) is 0 Å². The van der Waals surface area contributed by atoms with Crippen LogP contribution in [0.4, 0.5) is 11.5 Å². The summed E-state index contributed by atoms with van der Waals surface area (Å²) in [6.07, 6.45) is 9.19. The molecule has 174 valence electrons. The average molecular weight is 459 g/mol. The molecule has 2 unspecified atom stereocenters. The number of amides is 2. The van der Waals surface area contributed by atoms with Gasteiger partial charge in [-0.3, -0.25) is 19.4 Å². The predicted molar refractivity (Wildman–Crippen MR) is 128 cm³/mol. The van der Waals surface area contributed by atoms with E-state index in [0.29, 0.717) is 40.9 Å². The van der Waals surface area contributed by atoms with Crippen LogP contribution in [0.25, 0.3) is 21.8 Å². The molecule has 2 fully saturated rings. The molecular weight excluding hydrogens is 432 g/mol. The number of nitrogen functional groups attached to an aromatic ring is 1. The molecule has 1 aliphatic carbocycles. The lowest BCUT2D eigenvalue weighted by Gasteiger charge is -2.38. The third-order valence-electron chi connectivity index (χ3n) is 6.89. The van der Waals surface area contributed by atoms with E-state index in [4.69, 9.17) is 10.8 Å². The van der Waals surface area contributed by atoms with Crippen LogP contribution >= 0.6 is 0 Å². The summed E-state index contributed by atoms with van der Waals surface area (Å²) in [6.45, 7) is 2.62. The maximum Gasteiger partial charge on any atom is 0.314 e. The highest BCUT2D eigenvalue weighted by molar-refractivity contribution is 6.40. The monoisotopic (exact) mass is 458 g/mol. The van der Waals surface area contributed by atoms with Gasteiger partial charge < -0.3 is 16.0 Å². The minimum atomic E-state index is -0.708. The average Bonchev–Trinajstić information content (AvgIpc) is 3.39. The molecule has 4 heterocycles. The number of anilines is 2. The summed E-state index contributed by atoms with van der Waals surface area (Å²) in [5.41, 5.74) is 8.71. The van der Waals surface area contributed by atoms with Gasteiger partial charge >= 0.3 is 11.8 Å². The number of nitrogens with zero attached hydrogens (tertiary/aromatic N) is 5. The van der Waals surface area contributed by atoms with Crippen LogP contribution in [0, 0.1) is 5.92 Å². The second kappa shape index (κ2) is 7.82. The summed E-state index contributed by atoms with van der Waals surface area (Å²) in [5.74, 6) is -0.661. The van der Waals surface area contributed by atoms with Crippen LogP contribution in [0.1, 0.15) is 50.3 Å². The molecule has 4 aromatic rings. The summed E-state index contributed by atoms with van der Waals surface area (Å²) in [6, 6.07) is 6.51. The van der Waals surface area contributed by atoms with Crippen LogP contribution in [0.5, 0.6) is 0 Å². The number of pyridine rings is 1. The summed E-state index contributed by atoms with van der Waals surface area (Å²) >= 11 is 0. The van der Waals surface area contributed by atoms with E-state index in [1.54, 1.807) is 4.90 Å². The lowest BCUT2D eigenvalue weighted by atomic mass is 9.89. The first-order valence-corrected chi connectivity index (χ1v) is 11.7. The molecule has 3 aromatic heterocycles. The van der Waals surface area contributed by atoms with Crippen molar-refractivity contribution in [3.63, 3.8) is 0 Å². The number of nitrogens with one attached hydrogen (secondary N) is 2. The van der Waals surface area contributed by atoms with Crippen molar-refractivity contribution in [3.05, 3.63) is 42.4 Å². The maximum absolute atomic E-state index is 13.4. The molecule has 4 N–H and O–H groups in total. The summed E-state index contributed by atoms with van der Waals surface area (Å²) in [7, 11) is 0. The van der Waals surface area contributed by atoms with Gasteiger partial charge in [0.1, 0.15) is 5.82 Å². The molecule has 0 spiro atoms. The van der Waals surface area contributed by atoms with E-state index in [-0.39, 0.29) is 6.04 Å². The van der Waals surface area contributed by atoms with Crippen LogP contribution in [0.2, 0.25) is 0 Å². The number of carbonyl (C=O) groups is 2. The number of nitrogens with two attached hydrogens (primary N) is 1. The molecule has 2 atom stereocenters. The number of fused-ring (bicyclic) bond motifs is 2. The number of carbonyl (C=O) groups excluding carboxylic acids is 2. The molecule has 1 saturated heterocycles. The first-order chi connectivity index (χ1) is 16.5. The Bertz CT molecular complexity index is 1420. The molecule has 10 heteroatoms. The van der Waals surface area contributed by atoms with Crippen LogP contribution in [0.15, 0.2) is 36.8 Å². The Labute approximate surface area is 195 Å². The van der Waals surface area contributed by atoms with Crippen molar-refractivity contribution in [1.29, 1.82) is 0 Å². The molecule has 1 aromatic carbocycles. The van der Waals surface area contributed by atoms with Gasteiger partial charge in [0.25, 0.3) is 0 Å². The highest BCUT2D eigenvalue weighted by Gasteiger charge is 2.35. The zero-order chi connectivity index (χ0) is 23.4. The first kappa shape index (κ1) is 20.6. The normalized spacial score (nSPS) is 20.7. The SMILES string of the molecule is CC1CCC(c2ccc3cn(C4CC4)nc3c2)N(C(=O)C(=O)Nc2cnc(N)c3cn[nH]c23)C1. The third-order valence-corrected chi connectivity index (χ3v) is 6.89. The number of rotatable bonds is 3. The Morgan fingerprint density at radius 3 is 2.85 bits per heavy atom. The van der Waals surface area contributed by atoms with Crippen molar-refractivity contribution in [2.75, 3.05) is 17.6 Å². The Balaban J connectivity index is 1.27. The molecule has 1 aliphatic heterocycles. The van der Waals surface area contributed by atoms with E-state index in [0.717, 1.165) is 29.3 Å². The number of likely N-dealkylation sites (tertiary alicyclic amines) is 1. The molecule has 0 radical (unpaired) electrons. The summed E-state index contributed by atoms with van der Waals surface area (Å²) < 4.78 is 2.05. The zero-order valence-corrected chi connectivity index (χ0v) is 18.9. The number of benzene rings is 1. The van der Waals surface area contributed by atoms with E-state index in [1.165, 1.54) is 25.2 Å². The van der Waals surface area contributed by atoms with Crippen molar-refractivity contribution >= 4 is 45.1 Å². The van der Waals surface area contributed by atoms with Crippen molar-refractivity contribution in [2.24, 2.45) is 5.92 Å². The van der Waals surface area contributed by atoms with Gasteiger partial charge in [0.05, 0.1) is 46.6 Å². The van der Waals surface area contributed by atoms with E-state index in [1.807, 2.05) is 4.68 Å². The topological polar surface area (TPSA) is 135 Å². The van der Waals surface area contributed by atoms with Gasteiger partial charge in [-0.1, -0.05) is 19.1 Å². The number of aromatic nitrogens is 5. The molecule has 0 bridgehead atoms. The molecule has 1 saturated carbocycles. The van der Waals surface area contributed by atoms with Gasteiger partial charge in [-0.2, -0.15) is 10.2 Å². The van der Waals surface area contributed by atoms with E-state index in [9.17, 15) is 9.59 Å². The van der Waals surface area contributed by atoms with Crippen molar-refractivity contribution < 1.29 is 9.59 Å². The van der Waals surface area contributed by atoms with Crippen LogP contribution in [-0.4, -0.2) is 48.2 Å². The lowest BCUT2D eigenvalue weighted by molar-refractivity contribution is -0.146. The smallest absolute Gasteiger partial charge is 0.314 e. The third kappa shape index (κ3) is 3.55. The van der Waals surface area contributed by atoms with E-state index >= 15 is 0 Å². The Kier molecular flexibility index (Phi) is 4.75. The lowest BCUT2D eigenvalue weighted by Crippen LogP contribution is -2.46. The van der Waals surface area contributed by atoms with Gasteiger partial charge in [-0.15, -0.1) is 0 Å². The number of H-pyrrole nitrogens is 1. The Morgan fingerprint density at radius 1 is 1.18 bits per heavy atom. The fourth-order valence-electron chi connectivity index (χ4n) is 4.86. The summed E-state index contributed by atoms with van der Waals surface area (Å²) in [4.78, 5) is 32.2. The second-order valence-corrected chi connectivity index (χ2v) is 9.48. The molecule has 6 rings (SSSR count). The Morgan fingerprint density at radius 2 is 2.03 bits per heavy atom. The van der Waals surface area contributed by atoms with E-state index < -0.39 is 11.8 Å². The number of hydrogen-bond acceptors (Lipinski definition) is 6. The second-order valence-electron chi connectivity index (χ2n) is 9.48. The van der Waals surface area contributed by atoms with Crippen molar-refractivity contribution in [2.45, 2.75) is 44.7 Å². The first-order valence-electron chi connectivity index (χ1n) is 11.7. The van der Waals surface area contributed by atoms with Crippen molar-refractivity contribution in [3.8, 4) is 0 Å². The summed E-state index contributed by atoms with van der Waals surface area (Å²) in [5, 5.41) is 15.9. The number of piperidine rings is 1. The maximum atomic E-state index is 13.4. The zero-order valence-electron chi connectivity index (χ0n) is 18.9. The quantitative estimate of drug-likeness (QED) is 0.404. The standard InChI is InChI=1S/C24H26N8O2/c1-13-2-7-20(14-3-4-15-12-32(16-5-6-16)30-18(15)8-14)31(11-13)24(34)23(33)28-19-10-26-22(25)17-9-27-29-21(17)19/h3-4,8-10,12-13,16,20H,2,5-7,11H2,1H3,(H2,25,26)(H,27,29)(H,28,33). The minimum absolute atomic E-state index is 0.179. The predicted octanol–water partition coefficient (Wildman–Crippen LogP) is 3.16. The number of aromatic amines is 1. The molecule has 2 amide bonds. The largest absolute Gasteiger partial charge is 0.383 e. The molecule has 34 heavy (non-hydrogen) atoms. The van der Waals surface area contributed by atoms with Gasteiger partial charge in [-0.05, 0) is 43.2 Å². The van der Waals surface area contributed by atoms with Gasteiger partial charge in [0, 0.05) is 18.1 Å². The molecule has 10 nitrogen and oxygen atoms in total. The highest BCUT2D eigenvalue weighted by atomic mass is 16.2. The van der Waals surface area contributed by atoms with Gasteiger partial charge in [-0.25, -0.2) is 4.98 Å². The molecular formula is C24H26N8O2. The van der Waals surface area contributed by atoms with Crippen molar-refractivity contribution in [1.82, 2.24) is 29.9 Å². The fraction of sp³-hybridized carbons (Fsp3) is 0.375. The minimum Gasteiger partial charge on any atom is -0.383 e.